The summed E-state index contributed by atoms with van der Waals surface area (Å²) in [6, 6.07) is 5.16. The zero-order valence-electron chi connectivity index (χ0n) is 11.8. The number of hydrogen-bond acceptors (Lipinski definition) is 4. The summed E-state index contributed by atoms with van der Waals surface area (Å²) in [5.74, 6) is 0.779. The van der Waals surface area contributed by atoms with Crippen LogP contribution in [-0.4, -0.2) is 41.3 Å². The minimum atomic E-state index is 0.115. The Morgan fingerprint density at radius 1 is 1.26 bits per heavy atom. The number of aromatic hydroxyl groups is 2. The van der Waals surface area contributed by atoms with Gasteiger partial charge < -0.3 is 15.5 Å². The molecule has 1 aromatic rings. The molecule has 2 atom stereocenters. The molecule has 0 amide bonds. The summed E-state index contributed by atoms with van der Waals surface area (Å²) in [4.78, 5) is 2.43. The van der Waals surface area contributed by atoms with E-state index < -0.39 is 0 Å². The van der Waals surface area contributed by atoms with Crippen molar-refractivity contribution in [2.24, 2.45) is 5.92 Å². The van der Waals surface area contributed by atoms with Gasteiger partial charge in [0.25, 0.3) is 0 Å². The lowest BCUT2D eigenvalue weighted by molar-refractivity contribution is 0.126. The molecule has 1 aliphatic rings. The highest BCUT2D eigenvalue weighted by Crippen LogP contribution is 2.37. The van der Waals surface area contributed by atoms with Crippen molar-refractivity contribution in [3.8, 4) is 11.5 Å². The summed E-state index contributed by atoms with van der Waals surface area (Å²) in [5.41, 5.74) is 0.925. The van der Waals surface area contributed by atoms with Gasteiger partial charge in [-0.25, -0.2) is 0 Å². The zero-order valence-corrected chi connectivity index (χ0v) is 11.8. The third kappa shape index (κ3) is 3.19. The van der Waals surface area contributed by atoms with Crippen molar-refractivity contribution < 1.29 is 10.2 Å². The second kappa shape index (κ2) is 6.26. The van der Waals surface area contributed by atoms with Crippen LogP contribution < -0.4 is 5.32 Å². The minimum Gasteiger partial charge on any atom is -0.508 e. The van der Waals surface area contributed by atoms with Crippen LogP contribution in [0.2, 0.25) is 0 Å². The molecule has 0 radical (unpaired) electrons. The molecule has 19 heavy (non-hydrogen) atoms. The van der Waals surface area contributed by atoms with Crippen LogP contribution >= 0.6 is 0 Å². The molecule has 2 rings (SSSR count). The molecule has 1 saturated heterocycles. The fraction of sp³-hybridized carbons (Fsp3) is 0.600. The fourth-order valence-electron chi connectivity index (χ4n) is 2.83. The number of rotatable bonds is 4. The molecule has 4 heteroatoms. The van der Waals surface area contributed by atoms with Crippen molar-refractivity contribution in [2.45, 2.75) is 26.3 Å². The molecule has 1 heterocycles. The second-order valence-electron chi connectivity index (χ2n) is 5.36. The summed E-state index contributed by atoms with van der Waals surface area (Å²) in [6.07, 6.45) is 1.06. The first-order valence-electron chi connectivity index (χ1n) is 7.10. The van der Waals surface area contributed by atoms with E-state index in [1.54, 1.807) is 6.07 Å². The Bertz CT molecular complexity index is 417. The normalized spacial score (nSPS) is 20.1. The van der Waals surface area contributed by atoms with Gasteiger partial charge in [0.1, 0.15) is 11.5 Å². The van der Waals surface area contributed by atoms with Gasteiger partial charge in [-0.2, -0.15) is 0 Å². The number of piperazine rings is 1. The molecule has 106 valence electrons. The third-order valence-corrected chi connectivity index (χ3v) is 4.06. The lowest BCUT2D eigenvalue weighted by Gasteiger charge is -2.38. The highest BCUT2D eigenvalue weighted by atomic mass is 16.3. The first kappa shape index (κ1) is 14.2. The van der Waals surface area contributed by atoms with E-state index >= 15 is 0 Å². The van der Waals surface area contributed by atoms with Crippen LogP contribution in [0, 0.1) is 5.92 Å². The molecule has 0 bridgehead atoms. The number of nitrogens with one attached hydrogen (secondary N) is 1. The molecule has 3 N–H and O–H groups in total. The third-order valence-electron chi connectivity index (χ3n) is 4.06. The molecule has 0 saturated carbocycles. The molecule has 1 unspecified atom stereocenters. The lowest BCUT2D eigenvalue weighted by Crippen LogP contribution is -2.46. The maximum Gasteiger partial charge on any atom is 0.124 e. The number of phenols is 2. The predicted octanol–water partition coefficient (Wildman–Crippen LogP) is 2.09. The van der Waals surface area contributed by atoms with Crippen molar-refractivity contribution in [1.82, 2.24) is 10.2 Å². The van der Waals surface area contributed by atoms with E-state index in [9.17, 15) is 10.2 Å². The number of benzene rings is 1. The highest BCUT2D eigenvalue weighted by Gasteiger charge is 2.28. The largest absolute Gasteiger partial charge is 0.508 e. The van der Waals surface area contributed by atoms with E-state index in [1.807, 2.05) is 6.07 Å². The van der Waals surface area contributed by atoms with Gasteiger partial charge >= 0.3 is 0 Å². The van der Waals surface area contributed by atoms with Crippen molar-refractivity contribution >= 4 is 0 Å². The van der Waals surface area contributed by atoms with Crippen LogP contribution in [-0.2, 0) is 0 Å². The SMILES string of the molecule is CCC(C)[C@H](c1ccc(O)cc1O)N1CCNCC1. The Balaban J connectivity index is 2.30. The number of phenolic OH excluding ortho intramolecular Hbond substituents is 2. The zero-order chi connectivity index (χ0) is 13.8. The molecule has 1 aromatic carbocycles. The van der Waals surface area contributed by atoms with E-state index in [0.717, 1.165) is 38.2 Å². The van der Waals surface area contributed by atoms with Crippen LogP contribution in [0.4, 0.5) is 0 Å². The number of nitrogens with zero attached hydrogens (tertiary/aromatic N) is 1. The Hall–Kier alpha value is -1.26. The average Bonchev–Trinajstić information content (AvgIpc) is 2.42. The van der Waals surface area contributed by atoms with Gasteiger partial charge in [-0.15, -0.1) is 0 Å². The second-order valence-corrected chi connectivity index (χ2v) is 5.36. The standard InChI is InChI=1S/C15H24N2O2/c1-3-11(2)15(17-8-6-16-7-9-17)13-5-4-12(18)10-14(13)19/h4-5,10-11,15-16,18-19H,3,6-9H2,1-2H3/t11?,15-/m1/s1. The van der Waals surface area contributed by atoms with Gasteiger partial charge in [0.2, 0.25) is 0 Å². The topological polar surface area (TPSA) is 55.7 Å². The Kier molecular flexibility index (Phi) is 4.66. The molecule has 0 spiro atoms. The lowest BCUT2D eigenvalue weighted by atomic mass is 9.90. The van der Waals surface area contributed by atoms with Crippen LogP contribution in [0.15, 0.2) is 18.2 Å². The molecular weight excluding hydrogens is 240 g/mol. The van der Waals surface area contributed by atoms with E-state index in [1.165, 1.54) is 6.07 Å². The fourth-order valence-corrected chi connectivity index (χ4v) is 2.83. The number of hydrogen-bond donors (Lipinski definition) is 3. The van der Waals surface area contributed by atoms with Gasteiger partial charge in [-0.1, -0.05) is 26.3 Å². The first-order valence-corrected chi connectivity index (χ1v) is 7.10. The van der Waals surface area contributed by atoms with Crippen LogP contribution in [0.1, 0.15) is 31.9 Å². The van der Waals surface area contributed by atoms with Crippen LogP contribution in [0.3, 0.4) is 0 Å². The van der Waals surface area contributed by atoms with E-state index in [2.05, 4.69) is 24.1 Å². The molecule has 0 aromatic heterocycles. The van der Waals surface area contributed by atoms with E-state index in [4.69, 9.17) is 0 Å². The van der Waals surface area contributed by atoms with Gasteiger partial charge in [0.05, 0.1) is 0 Å². The maximum atomic E-state index is 10.1. The van der Waals surface area contributed by atoms with E-state index in [-0.39, 0.29) is 17.5 Å². The molecule has 4 nitrogen and oxygen atoms in total. The quantitative estimate of drug-likeness (QED) is 0.779. The first-order chi connectivity index (χ1) is 9.13. The molecule has 0 aliphatic carbocycles. The minimum absolute atomic E-state index is 0.115. The summed E-state index contributed by atoms with van der Waals surface area (Å²) in [5, 5.41) is 22.9. The van der Waals surface area contributed by atoms with Gasteiger partial charge in [-0.3, -0.25) is 4.90 Å². The van der Waals surface area contributed by atoms with Gasteiger partial charge in [0.15, 0.2) is 0 Å². The monoisotopic (exact) mass is 264 g/mol. The van der Waals surface area contributed by atoms with Crippen molar-refractivity contribution in [1.29, 1.82) is 0 Å². The van der Waals surface area contributed by atoms with Crippen molar-refractivity contribution in [3.05, 3.63) is 23.8 Å². The average molecular weight is 264 g/mol. The molecule has 1 fully saturated rings. The van der Waals surface area contributed by atoms with Gasteiger partial charge in [-0.05, 0) is 12.0 Å². The van der Waals surface area contributed by atoms with Crippen LogP contribution in [0.25, 0.3) is 0 Å². The van der Waals surface area contributed by atoms with Crippen LogP contribution in [0.5, 0.6) is 11.5 Å². The van der Waals surface area contributed by atoms with Crippen molar-refractivity contribution in [3.63, 3.8) is 0 Å². The summed E-state index contributed by atoms with van der Waals surface area (Å²) in [7, 11) is 0. The van der Waals surface area contributed by atoms with E-state index in [0.29, 0.717) is 5.92 Å². The Labute approximate surface area is 115 Å². The predicted molar refractivity (Wildman–Crippen MR) is 76.4 cm³/mol. The Morgan fingerprint density at radius 2 is 1.95 bits per heavy atom. The summed E-state index contributed by atoms with van der Waals surface area (Å²) >= 11 is 0. The van der Waals surface area contributed by atoms with Crippen molar-refractivity contribution in [2.75, 3.05) is 26.2 Å². The smallest absolute Gasteiger partial charge is 0.124 e. The van der Waals surface area contributed by atoms with Gasteiger partial charge in [0, 0.05) is 43.9 Å². The maximum absolute atomic E-state index is 10.1. The summed E-state index contributed by atoms with van der Waals surface area (Å²) in [6.45, 7) is 8.37. The summed E-state index contributed by atoms with van der Waals surface area (Å²) < 4.78 is 0. The molecule has 1 aliphatic heterocycles. The molecular formula is C15H24N2O2. The Morgan fingerprint density at radius 3 is 2.53 bits per heavy atom. The highest BCUT2D eigenvalue weighted by molar-refractivity contribution is 5.41.